The zero-order valence-electron chi connectivity index (χ0n) is 16.2. The van der Waals surface area contributed by atoms with Gasteiger partial charge in [-0.1, -0.05) is 12.1 Å². The molecule has 0 saturated carbocycles. The lowest BCUT2D eigenvalue weighted by molar-refractivity contribution is -0.119. The summed E-state index contributed by atoms with van der Waals surface area (Å²) in [6, 6.07) is 13.3. The Balaban J connectivity index is 1.37. The SMILES string of the molecule is CC(=O)NCc1ccc(-c2csc(NC(=O)c3ccc(Cn4cccn4)cc3)n2)s1. The first-order chi connectivity index (χ1) is 14.6. The molecule has 4 rings (SSSR count). The highest BCUT2D eigenvalue weighted by molar-refractivity contribution is 7.17. The molecule has 0 bridgehead atoms. The third kappa shape index (κ3) is 5.00. The summed E-state index contributed by atoms with van der Waals surface area (Å²) in [6.07, 6.45) is 3.64. The van der Waals surface area contributed by atoms with Crippen molar-refractivity contribution in [2.24, 2.45) is 0 Å². The fourth-order valence-electron chi connectivity index (χ4n) is 2.78. The normalized spacial score (nSPS) is 10.7. The van der Waals surface area contributed by atoms with Gasteiger partial charge in [0.05, 0.1) is 23.7 Å². The predicted molar refractivity (Wildman–Crippen MR) is 119 cm³/mol. The zero-order chi connectivity index (χ0) is 20.9. The Morgan fingerprint density at radius 3 is 2.70 bits per heavy atom. The first kappa shape index (κ1) is 20.0. The Kier molecular flexibility index (Phi) is 6.01. The van der Waals surface area contributed by atoms with Gasteiger partial charge in [-0.05, 0) is 35.9 Å². The van der Waals surface area contributed by atoms with Crippen LogP contribution in [0.3, 0.4) is 0 Å². The van der Waals surface area contributed by atoms with E-state index in [1.54, 1.807) is 29.7 Å². The molecule has 3 heterocycles. The monoisotopic (exact) mass is 437 g/mol. The van der Waals surface area contributed by atoms with Gasteiger partial charge in [-0.25, -0.2) is 4.98 Å². The van der Waals surface area contributed by atoms with Gasteiger partial charge in [0.1, 0.15) is 0 Å². The van der Waals surface area contributed by atoms with Crippen LogP contribution in [0.1, 0.15) is 27.7 Å². The van der Waals surface area contributed by atoms with Crippen molar-refractivity contribution in [1.29, 1.82) is 0 Å². The van der Waals surface area contributed by atoms with Gasteiger partial charge in [-0.15, -0.1) is 22.7 Å². The van der Waals surface area contributed by atoms with Crippen molar-refractivity contribution in [2.45, 2.75) is 20.0 Å². The van der Waals surface area contributed by atoms with Gasteiger partial charge in [-0.3, -0.25) is 19.6 Å². The minimum Gasteiger partial charge on any atom is -0.351 e. The molecule has 0 saturated heterocycles. The van der Waals surface area contributed by atoms with Gasteiger partial charge in [0, 0.05) is 35.1 Å². The molecule has 152 valence electrons. The first-order valence-corrected chi connectivity index (χ1v) is 10.9. The van der Waals surface area contributed by atoms with Crippen molar-refractivity contribution in [3.8, 4) is 10.6 Å². The van der Waals surface area contributed by atoms with Crippen molar-refractivity contribution in [2.75, 3.05) is 5.32 Å². The summed E-state index contributed by atoms with van der Waals surface area (Å²) in [5, 5.41) is 12.3. The number of nitrogens with zero attached hydrogens (tertiary/aromatic N) is 3. The molecule has 0 spiro atoms. The van der Waals surface area contributed by atoms with E-state index in [1.165, 1.54) is 18.3 Å². The molecular formula is C21H19N5O2S2. The number of amides is 2. The van der Waals surface area contributed by atoms with E-state index in [0.29, 0.717) is 23.8 Å². The van der Waals surface area contributed by atoms with E-state index in [0.717, 1.165) is 21.0 Å². The van der Waals surface area contributed by atoms with Crippen LogP contribution in [-0.2, 0) is 17.9 Å². The van der Waals surface area contributed by atoms with Crippen molar-refractivity contribution >= 4 is 39.6 Å². The van der Waals surface area contributed by atoms with Crippen LogP contribution in [0.15, 0.2) is 60.2 Å². The number of nitrogens with one attached hydrogen (secondary N) is 2. The van der Waals surface area contributed by atoms with Gasteiger partial charge in [-0.2, -0.15) is 5.10 Å². The molecule has 0 aliphatic rings. The van der Waals surface area contributed by atoms with Gasteiger partial charge in [0.2, 0.25) is 5.91 Å². The van der Waals surface area contributed by atoms with E-state index in [2.05, 4.69) is 20.7 Å². The lowest BCUT2D eigenvalue weighted by Crippen LogP contribution is -2.17. The lowest BCUT2D eigenvalue weighted by atomic mass is 10.1. The molecule has 3 aromatic heterocycles. The van der Waals surface area contributed by atoms with E-state index in [9.17, 15) is 9.59 Å². The Morgan fingerprint density at radius 1 is 1.13 bits per heavy atom. The summed E-state index contributed by atoms with van der Waals surface area (Å²) < 4.78 is 1.83. The number of anilines is 1. The molecule has 0 atom stereocenters. The van der Waals surface area contributed by atoms with Gasteiger partial charge in [0.25, 0.3) is 5.91 Å². The second-order valence-corrected chi connectivity index (χ2v) is 8.59. The van der Waals surface area contributed by atoms with Crippen LogP contribution >= 0.6 is 22.7 Å². The fourth-order valence-corrected chi connectivity index (χ4v) is 4.47. The van der Waals surface area contributed by atoms with E-state index in [1.807, 2.05) is 46.6 Å². The molecule has 0 aliphatic heterocycles. The Hall–Kier alpha value is -3.30. The molecule has 2 N–H and O–H groups in total. The van der Waals surface area contributed by atoms with Crippen molar-refractivity contribution in [3.05, 3.63) is 76.2 Å². The summed E-state index contributed by atoms with van der Waals surface area (Å²) in [4.78, 5) is 30.2. The topological polar surface area (TPSA) is 88.9 Å². The number of aromatic nitrogens is 3. The number of carbonyl (C=O) groups is 2. The summed E-state index contributed by atoms with van der Waals surface area (Å²) in [5.41, 5.74) is 2.45. The molecule has 0 unspecified atom stereocenters. The number of thiophene rings is 1. The van der Waals surface area contributed by atoms with Crippen molar-refractivity contribution in [1.82, 2.24) is 20.1 Å². The smallest absolute Gasteiger partial charge is 0.257 e. The van der Waals surface area contributed by atoms with Crippen LogP contribution in [0.4, 0.5) is 5.13 Å². The summed E-state index contributed by atoms with van der Waals surface area (Å²) in [5.74, 6) is -0.253. The van der Waals surface area contributed by atoms with Gasteiger partial charge < -0.3 is 5.32 Å². The second kappa shape index (κ2) is 9.02. The number of rotatable bonds is 7. The predicted octanol–water partition coefficient (Wildman–Crippen LogP) is 4.00. The largest absolute Gasteiger partial charge is 0.351 e. The fraction of sp³-hybridized carbons (Fsp3) is 0.143. The highest BCUT2D eigenvalue weighted by Crippen LogP contribution is 2.31. The van der Waals surface area contributed by atoms with E-state index in [4.69, 9.17) is 0 Å². The quantitative estimate of drug-likeness (QED) is 0.457. The summed E-state index contributed by atoms with van der Waals surface area (Å²) in [6.45, 7) is 2.66. The van der Waals surface area contributed by atoms with E-state index < -0.39 is 0 Å². The number of benzene rings is 1. The Labute approximate surface area is 181 Å². The molecule has 0 aliphatic carbocycles. The van der Waals surface area contributed by atoms with Crippen molar-refractivity contribution in [3.63, 3.8) is 0 Å². The summed E-state index contributed by atoms with van der Waals surface area (Å²) >= 11 is 2.95. The molecular weight excluding hydrogens is 418 g/mol. The van der Waals surface area contributed by atoms with Crippen LogP contribution < -0.4 is 10.6 Å². The van der Waals surface area contributed by atoms with Gasteiger partial charge in [0.15, 0.2) is 5.13 Å². The molecule has 2 amide bonds. The van der Waals surface area contributed by atoms with Crippen LogP contribution in [0.2, 0.25) is 0 Å². The molecule has 4 aromatic rings. The van der Waals surface area contributed by atoms with E-state index >= 15 is 0 Å². The van der Waals surface area contributed by atoms with Crippen LogP contribution in [0, 0.1) is 0 Å². The number of hydrogen-bond acceptors (Lipinski definition) is 6. The minimum absolute atomic E-state index is 0.0574. The minimum atomic E-state index is -0.195. The first-order valence-electron chi connectivity index (χ1n) is 9.23. The highest BCUT2D eigenvalue weighted by Gasteiger charge is 2.12. The average molecular weight is 438 g/mol. The molecule has 0 fully saturated rings. The third-order valence-corrected chi connectivity index (χ3v) is 6.14. The summed E-state index contributed by atoms with van der Waals surface area (Å²) in [7, 11) is 0. The second-order valence-electron chi connectivity index (χ2n) is 6.57. The molecule has 0 radical (unpaired) electrons. The lowest BCUT2D eigenvalue weighted by Gasteiger charge is -2.05. The maximum absolute atomic E-state index is 12.5. The number of hydrogen-bond donors (Lipinski definition) is 2. The average Bonchev–Trinajstić information content (AvgIpc) is 3.49. The Bertz CT molecular complexity index is 1150. The van der Waals surface area contributed by atoms with Crippen LogP contribution in [0.5, 0.6) is 0 Å². The number of carbonyl (C=O) groups excluding carboxylic acids is 2. The highest BCUT2D eigenvalue weighted by atomic mass is 32.1. The standard InChI is InChI=1S/C21H19N5O2S2/c1-14(27)22-11-17-7-8-19(30-17)18-13-29-21(24-18)25-20(28)16-5-3-15(4-6-16)12-26-10-2-9-23-26/h2-10,13H,11-12H2,1H3,(H,22,27)(H,24,25,28). The Morgan fingerprint density at radius 2 is 1.97 bits per heavy atom. The maximum Gasteiger partial charge on any atom is 0.257 e. The molecule has 7 nitrogen and oxygen atoms in total. The zero-order valence-corrected chi connectivity index (χ0v) is 17.8. The third-order valence-electron chi connectivity index (χ3n) is 4.27. The van der Waals surface area contributed by atoms with Gasteiger partial charge >= 0.3 is 0 Å². The van der Waals surface area contributed by atoms with E-state index in [-0.39, 0.29) is 11.8 Å². The maximum atomic E-state index is 12.5. The molecule has 9 heteroatoms. The number of thiazole rings is 1. The molecule has 30 heavy (non-hydrogen) atoms. The van der Waals surface area contributed by atoms with Crippen LogP contribution in [0.25, 0.3) is 10.6 Å². The van der Waals surface area contributed by atoms with Crippen molar-refractivity contribution < 1.29 is 9.59 Å². The molecule has 1 aromatic carbocycles. The van der Waals surface area contributed by atoms with Crippen LogP contribution in [-0.4, -0.2) is 26.6 Å².